The van der Waals surface area contributed by atoms with Gasteiger partial charge in [-0.1, -0.05) is 19.9 Å². The Morgan fingerprint density at radius 1 is 1.11 bits per heavy atom. The molecule has 0 fully saturated rings. The molecule has 4 nitrogen and oxygen atoms in total. The standard InChI is InChI=1S/C14H22O4/c1-10(2)14(15,9-16-3)13-11(17-4)7-6-8-12(13)18-5/h6-8,10,15H,9H2,1-5H3. The molecule has 18 heavy (non-hydrogen) atoms. The molecule has 102 valence electrons. The van der Waals surface area contributed by atoms with Crippen LogP contribution in [-0.4, -0.2) is 33.0 Å². The van der Waals surface area contributed by atoms with Crippen LogP contribution in [-0.2, 0) is 10.3 Å². The average molecular weight is 254 g/mol. The van der Waals surface area contributed by atoms with Gasteiger partial charge in [-0.2, -0.15) is 0 Å². The van der Waals surface area contributed by atoms with Crippen molar-refractivity contribution in [2.24, 2.45) is 5.92 Å². The minimum Gasteiger partial charge on any atom is -0.496 e. The second-order valence-corrected chi connectivity index (χ2v) is 4.55. The van der Waals surface area contributed by atoms with Gasteiger partial charge in [0.2, 0.25) is 0 Å². The Morgan fingerprint density at radius 3 is 1.94 bits per heavy atom. The zero-order valence-corrected chi connectivity index (χ0v) is 11.7. The van der Waals surface area contributed by atoms with Gasteiger partial charge in [-0.3, -0.25) is 0 Å². The first-order valence-electron chi connectivity index (χ1n) is 5.94. The summed E-state index contributed by atoms with van der Waals surface area (Å²) in [7, 11) is 4.72. The molecule has 0 aliphatic rings. The third-order valence-electron chi connectivity index (χ3n) is 3.18. The maximum atomic E-state index is 10.9. The number of rotatable bonds is 6. The van der Waals surface area contributed by atoms with Crippen molar-refractivity contribution in [1.29, 1.82) is 0 Å². The van der Waals surface area contributed by atoms with Gasteiger partial charge in [0.1, 0.15) is 17.1 Å². The van der Waals surface area contributed by atoms with E-state index >= 15 is 0 Å². The summed E-state index contributed by atoms with van der Waals surface area (Å²) in [4.78, 5) is 0. The predicted octanol–water partition coefficient (Wildman–Crippen LogP) is 2.19. The second-order valence-electron chi connectivity index (χ2n) is 4.55. The molecular weight excluding hydrogens is 232 g/mol. The topological polar surface area (TPSA) is 47.9 Å². The van der Waals surface area contributed by atoms with Gasteiger partial charge in [0, 0.05) is 7.11 Å². The molecule has 0 amide bonds. The van der Waals surface area contributed by atoms with Crippen molar-refractivity contribution in [2.45, 2.75) is 19.4 Å². The van der Waals surface area contributed by atoms with E-state index < -0.39 is 5.60 Å². The third-order valence-corrected chi connectivity index (χ3v) is 3.18. The van der Waals surface area contributed by atoms with E-state index in [-0.39, 0.29) is 12.5 Å². The highest BCUT2D eigenvalue weighted by atomic mass is 16.5. The van der Waals surface area contributed by atoms with Gasteiger partial charge in [0.25, 0.3) is 0 Å². The maximum Gasteiger partial charge on any atom is 0.128 e. The van der Waals surface area contributed by atoms with Crippen LogP contribution in [0.4, 0.5) is 0 Å². The summed E-state index contributed by atoms with van der Waals surface area (Å²) in [6, 6.07) is 5.44. The first-order chi connectivity index (χ1) is 8.51. The lowest BCUT2D eigenvalue weighted by molar-refractivity contribution is -0.0725. The Labute approximate surface area is 108 Å². The van der Waals surface area contributed by atoms with Crippen LogP contribution in [0.25, 0.3) is 0 Å². The lowest BCUT2D eigenvalue weighted by Gasteiger charge is -2.34. The SMILES string of the molecule is COCC(O)(c1c(OC)cccc1OC)C(C)C. The first kappa shape index (κ1) is 14.8. The van der Waals surface area contributed by atoms with Gasteiger partial charge in [0.05, 0.1) is 26.4 Å². The fourth-order valence-electron chi connectivity index (χ4n) is 2.03. The van der Waals surface area contributed by atoms with Gasteiger partial charge in [-0.25, -0.2) is 0 Å². The molecule has 1 atom stereocenters. The molecule has 0 spiro atoms. The monoisotopic (exact) mass is 254 g/mol. The highest BCUT2D eigenvalue weighted by molar-refractivity contribution is 5.49. The molecule has 0 aromatic heterocycles. The van der Waals surface area contributed by atoms with E-state index in [0.29, 0.717) is 17.1 Å². The minimum absolute atomic E-state index is 0.0392. The van der Waals surface area contributed by atoms with E-state index in [1.54, 1.807) is 33.5 Å². The van der Waals surface area contributed by atoms with Crippen LogP contribution in [0.5, 0.6) is 11.5 Å². The molecule has 4 heteroatoms. The lowest BCUT2D eigenvalue weighted by Crippen LogP contribution is -2.37. The fourth-order valence-corrected chi connectivity index (χ4v) is 2.03. The van der Waals surface area contributed by atoms with Crippen LogP contribution >= 0.6 is 0 Å². The van der Waals surface area contributed by atoms with Crippen molar-refractivity contribution in [2.75, 3.05) is 27.9 Å². The Hall–Kier alpha value is -1.26. The highest BCUT2D eigenvalue weighted by Gasteiger charge is 2.38. The van der Waals surface area contributed by atoms with Crippen LogP contribution in [0.3, 0.4) is 0 Å². The van der Waals surface area contributed by atoms with E-state index in [9.17, 15) is 5.11 Å². The van der Waals surface area contributed by atoms with Crippen molar-refractivity contribution < 1.29 is 19.3 Å². The second kappa shape index (κ2) is 6.07. The summed E-state index contributed by atoms with van der Waals surface area (Å²) in [6.45, 7) is 4.05. The number of hydrogen-bond acceptors (Lipinski definition) is 4. The van der Waals surface area contributed by atoms with Crippen molar-refractivity contribution in [3.8, 4) is 11.5 Å². The number of benzene rings is 1. The van der Waals surface area contributed by atoms with Crippen LogP contribution in [0.1, 0.15) is 19.4 Å². The molecule has 0 aliphatic carbocycles. The maximum absolute atomic E-state index is 10.9. The number of aliphatic hydroxyl groups is 1. The molecule has 1 aromatic rings. The largest absolute Gasteiger partial charge is 0.496 e. The lowest BCUT2D eigenvalue weighted by atomic mass is 9.83. The minimum atomic E-state index is -1.15. The quantitative estimate of drug-likeness (QED) is 0.845. The molecule has 0 heterocycles. The molecule has 1 aromatic carbocycles. The smallest absolute Gasteiger partial charge is 0.128 e. The summed E-state index contributed by atoms with van der Waals surface area (Å²) in [5, 5.41) is 10.9. The van der Waals surface area contributed by atoms with Crippen LogP contribution in [0, 0.1) is 5.92 Å². The molecule has 0 saturated heterocycles. The first-order valence-corrected chi connectivity index (χ1v) is 5.94. The molecule has 0 saturated carbocycles. The number of hydrogen-bond donors (Lipinski definition) is 1. The van der Waals surface area contributed by atoms with E-state index in [1.165, 1.54) is 0 Å². The Balaban J connectivity index is 3.43. The summed E-state index contributed by atoms with van der Waals surface area (Å²) < 4.78 is 15.8. The van der Waals surface area contributed by atoms with E-state index in [2.05, 4.69) is 0 Å². The Bertz CT molecular complexity index is 367. The van der Waals surface area contributed by atoms with Gasteiger partial charge in [-0.15, -0.1) is 0 Å². The predicted molar refractivity (Wildman–Crippen MR) is 70.2 cm³/mol. The molecule has 1 N–H and O–H groups in total. The van der Waals surface area contributed by atoms with E-state index in [1.807, 2.05) is 19.9 Å². The molecule has 0 bridgehead atoms. The molecular formula is C14H22O4. The van der Waals surface area contributed by atoms with Gasteiger partial charge < -0.3 is 19.3 Å². The van der Waals surface area contributed by atoms with Gasteiger partial charge >= 0.3 is 0 Å². The average Bonchev–Trinajstić information content (AvgIpc) is 2.37. The van der Waals surface area contributed by atoms with Crippen LogP contribution in [0.15, 0.2) is 18.2 Å². The van der Waals surface area contributed by atoms with Crippen molar-refractivity contribution >= 4 is 0 Å². The van der Waals surface area contributed by atoms with Crippen molar-refractivity contribution in [3.05, 3.63) is 23.8 Å². The highest BCUT2D eigenvalue weighted by Crippen LogP contribution is 2.41. The Morgan fingerprint density at radius 2 is 1.61 bits per heavy atom. The summed E-state index contributed by atoms with van der Waals surface area (Å²) in [5.41, 5.74) is -0.515. The van der Waals surface area contributed by atoms with E-state index in [0.717, 1.165) is 0 Å². The number of methoxy groups -OCH3 is 3. The van der Waals surface area contributed by atoms with Gasteiger partial charge in [0.15, 0.2) is 0 Å². The molecule has 0 radical (unpaired) electrons. The van der Waals surface area contributed by atoms with Crippen molar-refractivity contribution in [1.82, 2.24) is 0 Å². The van der Waals surface area contributed by atoms with E-state index in [4.69, 9.17) is 14.2 Å². The normalized spacial score (nSPS) is 14.4. The fraction of sp³-hybridized carbons (Fsp3) is 0.571. The Kier molecular flexibility index (Phi) is 4.99. The zero-order valence-electron chi connectivity index (χ0n) is 11.7. The van der Waals surface area contributed by atoms with Crippen LogP contribution in [0.2, 0.25) is 0 Å². The zero-order chi connectivity index (χ0) is 13.8. The van der Waals surface area contributed by atoms with Crippen LogP contribution < -0.4 is 9.47 Å². The summed E-state index contributed by atoms with van der Waals surface area (Å²) in [6.07, 6.45) is 0. The van der Waals surface area contributed by atoms with Gasteiger partial charge in [-0.05, 0) is 18.1 Å². The summed E-state index contributed by atoms with van der Waals surface area (Å²) >= 11 is 0. The molecule has 1 rings (SSSR count). The molecule has 1 unspecified atom stereocenters. The summed E-state index contributed by atoms with van der Waals surface area (Å²) in [5.74, 6) is 1.16. The third kappa shape index (κ3) is 2.60. The molecule has 0 aliphatic heterocycles. The number of ether oxygens (including phenoxy) is 3. The van der Waals surface area contributed by atoms with Crippen molar-refractivity contribution in [3.63, 3.8) is 0 Å².